The standard InChI is InChI=1S/C18H18N4O/c1-22(14-7-8-16-17(12-14)21-10-9-20-16)18(23)15(19)11-13-5-3-2-4-6-13/h2-10,12,15H,11,19H2,1H3/t15-/m0/s1. The minimum absolute atomic E-state index is 0.128. The maximum Gasteiger partial charge on any atom is 0.243 e. The summed E-state index contributed by atoms with van der Waals surface area (Å²) in [5.41, 5.74) is 9.43. The molecule has 1 heterocycles. The van der Waals surface area contributed by atoms with E-state index in [1.807, 2.05) is 48.5 Å². The van der Waals surface area contributed by atoms with Gasteiger partial charge in [-0.2, -0.15) is 0 Å². The van der Waals surface area contributed by atoms with Crippen molar-refractivity contribution in [3.63, 3.8) is 0 Å². The summed E-state index contributed by atoms with van der Waals surface area (Å²) in [6.45, 7) is 0. The SMILES string of the molecule is CN(C(=O)[C@@H](N)Cc1ccccc1)c1ccc2nccnc2c1. The molecule has 0 saturated heterocycles. The topological polar surface area (TPSA) is 72.1 Å². The van der Waals surface area contributed by atoms with Gasteiger partial charge in [0.15, 0.2) is 0 Å². The van der Waals surface area contributed by atoms with Crippen LogP contribution < -0.4 is 10.6 Å². The molecule has 0 aliphatic carbocycles. The summed E-state index contributed by atoms with van der Waals surface area (Å²) in [4.78, 5) is 22.6. The highest BCUT2D eigenvalue weighted by Gasteiger charge is 2.20. The van der Waals surface area contributed by atoms with Crippen LogP contribution in [0.1, 0.15) is 5.56 Å². The summed E-state index contributed by atoms with van der Waals surface area (Å²) in [5.74, 6) is -0.128. The monoisotopic (exact) mass is 306 g/mol. The van der Waals surface area contributed by atoms with Gasteiger partial charge in [-0.25, -0.2) is 0 Å². The van der Waals surface area contributed by atoms with E-state index in [0.29, 0.717) is 6.42 Å². The van der Waals surface area contributed by atoms with Crippen molar-refractivity contribution < 1.29 is 4.79 Å². The van der Waals surface area contributed by atoms with Gasteiger partial charge in [-0.15, -0.1) is 0 Å². The first-order chi connectivity index (χ1) is 11.1. The number of carbonyl (C=O) groups is 1. The van der Waals surface area contributed by atoms with E-state index in [4.69, 9.17) is 5.73 Å². The van der Waals surface area contributed by atoms with Crippen LogP contribution in [-0.4, -0.2) is 29.0 Å². The largest absolute Gasteiger partial charge is 0.320 e. The lowest BCUT2D eigenvalue weighted by Crippen LogP contribution is -2.43. The maximum absolute atomic E-state index is 12.5. The zero-order valence-corrected chi connectivity index (χ0v) is 12.9. The molecule has 3 aromatic rings. The predicted octanol–water partition coefficient (Wildman–Crippen LogP) is 2.16. The van der Waals surface area contributed by atoms with Crippen molar-refractivity contribution in [3.8, 4) is 0 Å². The lowest BCUT2D eigenvalue weighted by molar-refractivity contribution is -0.119. The van der Waals surface area contributed by atoms with E-state index in [0.717, 1.165) is 22.3 Å². The fourth-order valence-corrected chi connectivity index (χ4v) is 2.49. The molecule has 3 rings (SSSR count). The number of nitrogens with two attached hydrogens (primary N) is 1. The Balaban J connectivity index is 1.77. The van der Waals surface area contributed by atoms with Gasteiger partial charge in [0.1, 0.15) is 0 Å². The average molecular weight is 306 g/mol. The molecule has 0 aliphatic heterocycles. The Labute approximate surface area is 134 Å². The summed E-state index contributed by atoms with van der Waals surface area (Å²) in [6, 6.07) is 14.7. The van der Waals surface area contributed by atoms with Crippen molar-refractivity contribution in [2.45, 2.75) is 12.5 Å². The number of amides is 1. The molecule has 116 valence electrons. The Kier molecular flexibility index (Phi) is 4.30. The third kappa shape index (κ3) is 3.35. The third-order valence-electron chi connectivity index (χ3n) is 3.79. The second-order valence-corrected chi connectivity index (χ2v) is 5.42. The van der Waals surface area contributed by atoms with Gasteiger partial charge in [0.2, 0.25) is 5.91 Å². The van der Waals surface area contributed by atoms with Gasteiger partial charge in [0.25, 0.3) is 0 Å². The van der Waals surface area contributed by atoms with E-state index in [-0.39, 0.29) is 5.91 Å². The zero-order valence-electron chi connectivity index (χ0n) is 12.9. The Bertz CT molecular complexity index is 819. The molecule has 0 spiro atoms. The molecule has 1 aromatic heterocycles. The minimum atomic E-state index is -0.583. The molecule has 0 unspecified atom stereocenters. The molecule has 0 aliphatic rings. The summed E-state index contributed by atoms with van der Waals surface area (Å²) in [7, 11) is 1.73. The van der Waals surface area contributed by atoms with Gasteiger partial charge in [-0.05, 0) is 30.2 Å². The summed E-state index contributed by atoms with van der Waals surface area (Å²) < 4.78 is 0. The highest BCUT2D eigenvalue weighted by atomic mass is 16.2. The van der Waals surface area contributed by atoms with E-state index in [2.05, 4.69) is 9.97 Å². The van der Waals surface area contributed by atoms with E-state index in [9.17, 15) is 4.79 Å². The number of anilines is 1. The molecule has 2 N–H and O–H groups in total. The highest BCUT2D eigenvalue weighted by Crippen LogP contribution is 2.19. The Morgan fingerprint density at radius 1 is 1.09 bits per heavy atom. The van der Waals surface area contributed by atoms with Gasteiger partial charge < -0.3 is 10.6 Å². The zero-order chi connectivity index (χ0) is 16.2. The van der Waals surface area contributed by atoms with E-state index in [1.54, 1.807) is 24.3 Å². The van der Waals surface area contributed by atoms with Gasteiger partial charge in [-0.1, -0.05) is 30.3 Å². The van der Waals surface area contributed by atoms with Gasteiger partial charge in [0.05, 0.1) is 17.1 Å². The fraction of sp³-hybridized carbons (Fsp3) is 0.167. The second-order valence-electron chi connectivity index (χ2n) is 5.42. The highest BCUT2D eigenvalue weighted by molar-refractivity contribution is 5.98. The normalized spacial score (nSPS) is 12.1. The number of likely N-dealkylation sites (N-methyl/N-ethyl adjacent to an activating group) is 1. The van der Waals surface area contributed by atoms with Crippen LogP contribution in [0.2, 0.25) is 0 Å². The van der Waals surface area contributed by atoms with Crippen molar-refractivity contribution in [2.24, 2.45) is 5.73 Å². The number of hydrogen-bond acceptors (Lipinski definition) is 4. The molecule has 0 saturated carbocycles. The smallest absolute Gasteiger partial charge is 0.243 e. The Morgan fingerprint density at radius 2 is 1.78 bits per heavy atom. The van der Waals surface area contributed by atoms with Gasteiger partial charge >= 0.3 is 0 Å². The summed E-state index contributed by atoms with van der Waals surface area (Å²) >= 11 is 0. The van der Waals surface area contributed by atoms with E-state index >= 15 is 0 Å². The van der Waals surface area contributed by atoms with Crippen LogP contribution in [0.5, 0.6) is 0 Å². The van der Waals surface area contributed by atoms with Gasteiger partial charge in [0, 0.05) is 25.1 Å². The second kappa shape index (κ2) is 6.54. The molecule has 5 heteroatoms. The number of rotatable bonds is 4. The van der Waals surface area contributed by atoms with Crippen LogP contribution in [0.25, 0.3) is 11.0 Å². The van der Waals surface area contributed by atoms with Crippen molar-refractivity contribution >= 4 is 22.6 Å². The first-order valence-electron chi connectivity index (χ1n) is 7.43. The number of hydrogen-bond donors (Lipinski definition) is 1. The molecule has 2 aromatic carbocycles. The number of benzene rings is 2. The maximum atomic E-state index is 12.5. The Morgan fingerprint density at radius 3 is 2.52 bits per heavy atom. The van der Waals surface area contributed by atoms with Crippen LogP contribution >= 0.6 is 0 Å². The molecule has 5 nitrogen and oxygen atoms in total. The van der Waals surface area contributed by atoms with Crippen LogP contribution in [0.3, 0.4) is 0 Å². The number of aromatic nitrogens is 2. The molecule has 1 atom stereocenters. The minimum Gasteiger partial charge on any atom is -0.320 e. The van der Waals surface area contributed by atoms with Crippen molar-refractivity contribution in [1.82, 2.24) is 9.97 Å². The molecule has 0 bridgehead atoms. The fourth-order valence-electron chi connectivity index (χ4n) is 2.49. The number of carbonyl (C=O) groups excluding carboxylic acids is 1. The summed E-state index contributed by atoms with van der Waals surface area (Å²) in [6.07, 6.45) is 3.79. The van der Waals surface area contributed by atoms with Crippen LogP contribution in [0, 0.1) is 0 Å². The quantitative estimate of drug-likeness (QED) is 0.802. The van der Waals surface area contributed by atoms with Crippen molar-refractivity contribution in [2.75, 3.05) is 11.9 Å². The van der Waals surface area contributed by atoms with E-state index < -0.39 is 6.04 Å². The first kappa shape index (κ1) is 15.1. The molecule has 1 amide bonds. The molecular formula is C18H18N4O. The number of nitrogens with zero attached hydrogens (tertiary/aromatic N) is 3. The van der Waals surface area contributed by atoms with Crippen molar-refractivity contribution in [3.05, 3.63) is 66.5 Å². The Hall–Kier alpha value is -2.79. The first-order valence-corrected chi connectivity index (χ1v) is 7.43. The lowest BCUT2D eigenvalue weighted by atomic mass is 10.1. The summed E-state index contributed by atoms with van der Waals surface area (Å²) in [5, 5.41) is 0. The molecule has 0 fully saturated rings. The molecule has 0 radical (unpaired) electrons. The third-order valence-corrected chi connectivity index (χ3v) is 3.79. The van der Waals surface area contributed by atoms with Crippen molar-refractivity contribution in [1.29, 1.82) is 0 Å². The van der Waals surface area contributed by atoms with Crippen LogP contribution in [0.15, 0.2) is 60.9 Å². The molecular weight excluding hydrogens is 288 g/mol. The lowest BCUT2D eigenvalue weighted by Gasteiger charge is -2.21. The van der Waals surface area contributed by atoms with Gasteiger partial charge in [-0.3, -0.25) is 14.8 Å². The average Bonchev–Trinajstić information content (AvgIpc) is 2.61. The molecule has 23 heavy (non-hydrogen) atoms. The van der Waals surface area contributed by atoms with Crippen LogP contribution in [0.4, 0.5) is 5.69 Å². The number of fused-ring (bicyclic) bond motifs is 1. The van der Waals surface area contributed by atoms with E-state index in [1.165, 1.54) is 0 Å². The van der Waals surface area contributed by atoms with Crippen LogP contribution in [-0.2, 0) is 11.2 Å². The predicted molar refractivity (Wildman–Crippen MR) is 91.1 cm³/mol.